The normalized spacial score (nSPS) is 20.8. The molecule has 0 N–H and O–H groups in total. The van der Waals surface area contributed by atoms with Crippen molar-refractivity contribution >= 4 is 5.91 Å². The number of likely N-dealkylation sites (tertiary alicyclic amines) is 1. The van der Waals surface area contributed by atoms with Crippen LogP contribution in [0.2, 0.25) is 0 Å². The molecule has 1 atom stereocenters. The second-order valence-electron chi connectivity index (χ2n) is 8.01. The zero-order valence-electron chi connectivity index (χ0n) is 16.3. The molecule has 2 aromatic rings. The van der Waals surface area contributed by atoms with Crippen LogP contribution in [-0.2, 0) is 28.2 Å². The lowest BCUT2D eigenvalue weighted by Gasteiger charge is -2.31. The first-order valence-corrected chi connectivity index (χ1v) is 9.60. The van der Waals surface area contributed by atoms with Crippen LogP contribution >= 0.6 is 0 Å². The summed E-state index contributed by atoms with van der Waals surface area (Å²) in [6.45, 7) is 5.41. The number of ether oxygens (including phenoxy) is 2. The molecule has 4 rings (SSSR count). The molecule has 0 aliphatic carbocycles. The highest BCUT2D eigenvalue weighted by atomic mass is 16.5. The third kappa shape index (κ3) is 3.25. The number of nitrogens with zero attached hydrogens (tertiary/aromatic N) is 2. The van der Waals surface area contributed by atoms with E-state index in [-0.39, 0.29) is 11.5 Å². The van der Waals surface area contributed by atoms with E-state index in [2.05, 4.69) is 18.2 Å². The maximum Gasteiger partial charge on any atom is 0.266 e. The first kappa shape index (κ1) is 18.5. The predicted molar refractivity (Wildman–Crippen MR) is 105 cm³/mol. The Bertz CT molecular complexity index is 930. The lowest BCUT2D eigenvalue weighted by molar-refractivity contribution is -0.145. The number of amides is 1. The average molecular weight is 376 g/mol. The highest BCUT2D eigenvalue weighted by molar-refractivity contribution is 5.85. The monoisotopic (exact) mass is 376 g/mol. The van der Waals surface area contributed by atoms with Gasteiger partial charge in [-0.1, -0.05) is 36.4 Å². The molecule has 0 aromatic heterocycles. The van der Waals surface area contributed by atoms with E-state index in [1.54, 1.807) is 13.8 Å². The molecule has 5 nitrogen and oxygen atoms in total. The van der Waals surface area contributed by atoms with Crippen LogP contribution in [0.1, 0.15) is 37.0 Å². The van der Waals surface area contributed by atoms with Gasteiger partial charge in [-0.2, -0.15) is 5.26 Å². The quantitative estimate of drug-likeness (QED) is 0.818. The summed E-state index contributed by atoms with van der Waals surface area (Å²) in [4.78, 5) is 15.0. The van der Waals surface area contributed by atoms with Crippen LogP contribution < -0.4 is 4.74 Å². The summed E-state index contributed by atoms with van der Waals surface area (Å²) >= 11 is 0. The molecule has 0 saturated carbocycles. The Kier molecular flexibility index (Phi) is 4.60. The summed E-state index contributed by atoms with van der Waals surface area (Å²) in [6, 6.07) is 17.7. The average Bonchev–Trinajstić information content (AvgIpc) is 3.28. The van der Waals surface area contributed by atoms with E-state index in [1.165, 1.54) is 11.1 Å². The number of carbonyl (C=O) groups excluding carboxylic acids is 1. The Morgan fingerprint density at radius 1 is 1.25 bits per heavy atom. The molecule has 1 saturated heterocycles. The molecule has 1 unspecified atom stereocenters. The maximum absolute atomic E-state index is 13.2. The molecule has 2 aliphatic rings. The number of hydrogen-bond acceptors (Lipinski definition) is 4. The smallest absolute Gasteiger partial charge is 0.266 e. The van der Waals surface area contributed by atoms with Gasteiger partial charge in [-0.15, -0.1) is 0 Å². The summed E-state index contributed by atoms with van der Waals surface area (Å²) in [7, 11) is 0. The number of rotatable bonds is 4. The summed E-state index contributed by atoms with van der Waals surface area (Å²) in [5.74, 6) is 0.579. The third-order valence-corrected chi connectivity index (χ3v) is 5.63. The fraction of sp³-hybridized carbons (Fsp3) is 0.391. The molecule has 1 spiro atoms. The van der Waals surface area contributed by atoms with Gasteiger partial charge in [0.1, 0.15) is 11.4 Å². The zero-order valence-corrected chi connectivity index (χ0v) is 16.3. The van der Waals surface area contributed by atoms with Gasteiger partial charge in [0, 0.05) is 6.54 Å². The number of hydrogen-bond donors (Lipinski definition) is 0. The van der Waals surface area contributed by atoms with Crippen molar-refractivity contribution in [2.45, 2.75) is 44.5 Å². The molecular formula is C23H24N2O3. The Balaban J connectivity index is 1.46. The molecular weight excluding hydrogens is 352 g/mol. The first-order valence-electron chi connectivity index (χ1n) is 9.60. The van der Waals surface area contributed by atoms with Crippen LogP contribution in [-0.4, -0.2) is 29.5 Å². The van der Waals surface area contributed by atoms with Crippen LogP contribution in [0.15, 0.2) is 48.5 Å². The highest BCUT2D eigenvalue weighted by Gasteiger charge is 2.49. The fourth-order valence-electron chi connectivity index (χ4n) is 4.16. The van der Waals surface area contributed by atoms with Gasteiger partial charge in [0.25, 0.3) is 5.91 Å². The second kappa shape index (κ2) is 6.96. The van der Waals surface area contributed by atoms with Crippen LogP contribution in [0.5, 0.6) is 5.75 Å². The first-order chi connectivity index (χ1) is 13.4. The van der Waals surface area contributed by atoms with Gasteiger partial charge >= 0.3 is 0 Å². The second-order valence-corrected chi connectivity index (χ2v) is 8.01. The SMILES string of the molecule is CC(C)(Oc1ccc(CC#N)cc1)C(=O)N1CCC2(C1)OCc1ccccc12. The number of fused-ring (bicyclic) bond motifs is 2. The van der Waals surface area contributed by atoms with Gasteiger partial charge in [-0.3, -0.25) is 4.79 Å². The Morgan fingerprint density at radius 3 is 2.75 bits per heavy atom. The number of benzene rings is 2. The van der Waals surface area contributed by atoms with Crippen molar-refractivity contribution in [2.24, 2.45) is 0 Å². The van der Waals surface area contributed by atoms with Crippen LogP contribution in [0.25, 0.3) is 0 Å². The molecule has 0 radical (unpaired) electrons. The van der Waals surface area contributed by atoms with Crippen molar-refractivity contribution in [2.75, 3.05) is 13.1 Å². The van der Waals surface area contributed by atoms with Gasteiger partial charge in [0.2, 0.25) is 0 Å². The minimum atomic E-state index is -0.986. The minimum Gasteiger partial charge on any atom is -0.478 e. The summed E-state index contributed by atoms with van der Waals surface area (Å²) in [5.41, 5.74) is 1.97. The van der Waals surface area contributed by atoms with Gasteiger partial charge < -0.3 is 14.4 Å². The molecule has 144 valence electrons. The van der Waals surface area contributed by atoms with Crippen molar-refractivity contribution in [1.82, 2.24) is 4.90 Å². The van der Waals surface area contributed by atoms with Crippen molar-refractivity contribution in [3.8, 4) is 11.8 Å². The lowest BCUT2D eigenvalue weighted by atomic mass is 9.92. The molecule has 5 heteroatoms. The van der Waals surface area contributed by atoms with Crippen molar-refractivity contribution in [1.29, 1.82) is 5.26 Å². The molecule has 1 amide bonds. The Hall–Kier alpha value is -2.84. The van der Waals surface area contributed by atoms with Gasteiger partial charge in [0.15, 0.2) is 5.60 Å². The standard InChI is InChI=1S/C23H24N2O3/c1-22(2,28-19-9-7-17(8-10-19)11-13-24)21(26)25-14-12-23(16-25)20-6-4-3-5-18(20)15-27-23/h3-10H,11-12,14-16H2,1-2H3. The van der Waals surface area contributed by atoms with E-state index in [4.69, 9.17) is 14.7 Å². The fourth-order valence-corrected chi connectivity index (χ4v) is 4.16. The molecule has 1 fully saturated rings. The maximum atomic E-state index is 13.2. The Morgan fingerprint density at radius 2 is 2.00 bits per heavy atom. The molecule has 0 bridgehead atoms. The molecule has 2 aromatic carbocycles. The molecule has 2 heterocycles. The van der Waals surface area contributed by atoms with E-state index in [1.807, 2.05) is 41.3 Å². The number of carbonyl (C=O) groups is 1. The van der Waals surface area contributed by atoms with E-state index in [0.717, 1.165) is 12.0 Å². The van der Waals surface area contributed by atoms with Gasteiger partial charge in [-0.25, -0.2) is 0 Å². The lowest BCUT2D eigenvalue weighted by Crippen LogP contribution is -2.49. The summed E-state index contributed by atoms with van der Waals surface area (Å²) in [5, 5.41) is 8.78. The minimum absolute atomic E-state index is 0.0431. The van der Waals surface area contributed by atoms with Gasteiger partial charge in [0.05, 0.1) is 25.6 Å². The van der Waals surface area contributed by atoms with Crippen molar-refractivity contribution in [3.05, 3.63) is 65.2 Å². The largest absolute Gasteiger partial charge is 0.478 e. The Labute approximate surface area is 165 Å². The van der Waals surface area contributed by atoms with Crippen LogP contribution in [0, 0.1) is 11.3 Å². The zero-order chi connectivity index (χ0) is 19.8. The van der Waals surface area contributed by atoms with E-state index >= 15 is 0 Å². The third-order valence-electron chi connectivity index (χ3n) is 5.63. The van der Waals surface area contributed by atoms with Crippen molar-refractivity contribution in [3.63, 3.8) is 0 Å². The number of nitriles is 1. The van der Waals surface area contributed by atoms with E-state index in [0.29, 0.717) is 31.9 Å². The van der Waals surface area contributed by atoms with Crippen LogP contribution in [0.3, 0.4) is 0 Å². The van der Waals surface area contributed by atoms with Gasteiger partial charge in [-0.05, 0) is 49.1 Å². The van der Waals surface area contributed by atoms with Crippen molar-refractivity contribution < 1.29 is 14.3 Å². The molecule has 28 heavy (non-hydrogen) atoms. The predicted octanol–water partition coefficient (Wildman–Crippen LogP) is 3.57. The molecule has 2 aliphatic heterocycles. The highest BCUT2D eigenvalue weighted by Crippen LogP contribution is 2.43. The van der Waals surface area contributed by atoms with Crippen LogP contribution in [0.4, 0.5) is 0 Å². The van der Waals surface area contributed by atoms with E-state index < -0.39 is 5.60 Å². The topological polar surface area (TPSA) is 62.6 Å². The van der Waals surface area contributed by atoms with E-state index in [9.17, 15) is 4.79 Å². The summed E-state index contributed by atoms with van der Waals surface area (Å²) < 4.78 is 12.2. The summed E-state index contributed by atoms with van der Waals surface area (Å²) in [6.07, 6.45) is 1.16.